The number of rotatable bonds is 8. The van der Waals surface area contributed by atoms with E-state index in [2.05, 4.69) is 5.32 Å². The molecule has 10 heteroatoms. The Morgan fingerprint density at radius 2 is 1.60 bits per heavy atom. The molecule has 0 aliphatic rings. The van der Waals surface area contributed by atoms with Gasteiger partial charge in [0, 0.05) is 6.07 Å². The van der Waals surface area contributed by atoms with Crippen LogP contribution in [0.4, 0.5) is 11.4 Å². The summed E-state index contributed by atoms with van der Waals surface area (Å²) in [6.45, 7) is 3.19. The van der Waals surface area contributed by atoms with Crippen LogP contribution in [0.2, 0.25) is 0 Å². The van der Waals surface area contributed by atoms with Gasteiger partial charge >= 0.3 is 5.97 Å². The van der Waals surface area contributed by atoms with Crippen LogP contribution in [0.25, 0.3) is 0 Å². The highest BCUT2D eigenvalue weighted by Gasteiger charge is 2.28. The smallest absolute Gasteiger partial charge is 0.346 e. The van der Waals surface area contributed by atoms with Crippen LogP contribution in [0, 0.1) is 17.0 Å². The maximum atomic E-state index is 12.6. The van der Waals surface area contributed by atoms with Crippen molar-refractivity contribution in [2.45, 2.75) is 20.0 Å². The van der Waals surface area contributed by atoms with Gasteiger partial charge in [0.1, 0.15) is 11.3 Å². The van der Waals surface area contributed by atoms with Gasteiger partial charge in [0.15, 0.2) is 17.6 Å². The molecule has 2 aromatic carbocycles. The molecule has 0 saturated heterocycles. The molecule has 0 unspecified atom stereocenters. The zero-order chi connectivity index (χ0) is 22.4. The molecule has 10 nitrogen and oxygen atoms in total. The standard InChI is InChI=1S/C20H22N2O8/c1-11-6-7-16(27-3)14(8-11)21-19(23)12(2)30-20(24)13-9-17(28-4)18(29-5)10-15(13)22(25)26/h6-10,12H,1-5H3,(H,21,23)/t12-/m0/s1. The third-order valence-corrected chi connectivity index (χ3v) is 4.18. The van der Waals surface area contributed by atoms with Crippen molar-refractivity contribution in [3.63, 3.8) is 0 Å². The summed E-state index contributed by atoms with van der Waals surface area (Å²) in [4.78, 5) is 35.6. The van der Waals surface area contributed by atoms with Crippen LogP contribution in [0.1, 0.15) is 22.8 Å². The largest absolute Gasteiger partial charge is 0.495 e. The number of esters is 1. The predicted octanol–water partition coefficient (Wildman–Crippen LogP) is 3.11. The topological polar surface area (TPSA) is 126 Å². The molecular weight excluding hydrogens is 396 g/mol. The minimum atomic E-state index is -1.24. The van der Waals surface area contributed by atoms with Gasteiger partial charge in [0.2, 0.25) is 0 Å². The summed E-state index contributed by atoms with van der Waals surface area (Å²) in [5, 5.41) is 14.0. The first-order valence-corrected chi connectivity index (χ1v) is 8.78. The van der Waals surface area contributed by atoms with Crippen molar-refractivity contribution >= 4 is 23.3 Å². The third-order valence-electron chi connectivity index (χ3n) is 4.18. The van der Waals surface area contributed by atoms with Crippen LogP contribution < -0.4 is 19.5 Å². The summed E-state index contributed by atoms with van der Waals surface area (Å²) in [6, 6.07) is 7.39. The fourth-order valence-corrected chi connectivity index (χ4v) is 2.61. The van der Waals surface area contributed by atoms with Crippen molar-refractivity contribution in [3.05, 3.63) is 51.6 Å². The molecular formula is C20H22N2O8. The van der Waals surface area contributed by atoms with E-state index in [-0.39, 0.29) is 17.1 Å². The number of nitrogens with one attached hydrogen (secondary N) is 1. The van der Waals surface area contributed by atoms with Crippen molar-refractivity contribution in [1.29, 1.82) is 0 Å². The maximum Gasteiger partial charge on any atom is 0.346 e. The number of hydrogen-bond acceptors (Lipinski definition) is 8. The average molecular weight is 418 g/mol. The second kappa shape index (κ2) is 9.59. The molecule has 160 valence electrons. The molecule has 0 aliphatic heterocycles. The van der Waals surface area contributed by atoms with E-state index in [4.69, 9.17) is 18.9 Å². The Morgan fingerprint density at radius 3 is 2.17 bits per heavy atom. The fourth-order valence-electron chi connectivity index (χ4n) is 2.61. The van der Waals surface area contributed by atoms with Crippen LogP contribution in [-0.4, -0.2) is 44.2 Å². The minimum absolute atomic E-state index is 0.0816. The molecule has 0 heterocycles. The highest BCUT2D eigenvalue weighted by molar-refractivity contribution is 6.00. The number of nitrogens with zero attached hydrogens (tertiary/aromatic N) is 1. The molecule has 0 aliphatic carbocycles. The predicted molar refractivity (Wildman–Crippen MR) is 107 cm³/mol. The Kier molecular flexibility index (Phi) is 7.18. The molecule has 0 fully saturated rings. The number of benzene rings is 2. The number of amides is 1. The first-order chi connectivity index (χ1) is 14.2. The summed E-state index contributed by atoms with van der Waals surface area (Å²) >= 11 is 0. The number of carbonyl (C=O) groups is 2. The highest BCUT2D eigenvalue weighted by atomic mass is 16.6. The Hall–Kier alpha value is -3.82. The molecule has 1 amide bonds. The minimum Gasteiger partial charge on any atom is -0.495 e. The number of anilines is 1. The lowest BCUT2D eigenvalue weighted by molar-refractivity contribution is -0.385. The maximum absolute atomic E-state index is 12.6. The average Bonchev–Trinajstić information content (AvgIpc) is 2.72. The first kappa shape index (κ1) is 22.5. The van der Waals surface area contributed by atoms with E-state index in [0.717, 1.165) is 17.7 Å². The van der Waals surface area contributed by atoms with Gasteiger partial charge in [-0.1, -0.05) is 6.07 Å². The summed E-state index contributed by atoms with van der Waals surface area (Å²) in [6.07, 6.45) is -1.24. The molecule has 1 atom stereocenters. The number of nitro benzene ring substituents is 1. The number of aryl methyl sites for hydroxylation is 1. The molecule has 0 bridgehead atoms. The number of carbonyl (C=O) groups excluding carboxylic acids is 2. The molecule has 2 rings (SSSR count). The van der Waals surface area contributed by atoms with Crippen LogP contribution in [0.3, 0.4) is 0 Å². The molecule has 0 radical (unpaired) electrons. The molecule has 0 spiro atoms. The van der Waals surface area contributed by atoms with E-state index in [1.54, 1.807) is 12.1 Å². The van der Waals surface area contributed by atoms with Gasteiger partial charge in [-0.2, -0.15) is 0 Å². The van der Waals surface area contributed by atoms with Crippen LogP contribution in [-0.2, 0) is 9.53 Å². The second-order valence-corrected chi connectivity index (χ2v) is 6.22. The number of ether oxygens (including phenoxy) is 4. The number of methoxy groups -OCH3 is 3. The monoisotopic (exact) mass is 418 g/mol. The molecule has 1 N–H and O–H groups in total. The Morgan fingerprint density at radius 1 is 1.00 bits per heavy atom. The van der Waals surface area contributed by atoms with Gasteiger partial charge in [-0.05, 0) is 31.5 Å². The van der Waals surface area contributed by atoms with Gasteiger partial charge < -0.3 is 24.3 Å². The summed E-state index contributed by atoms with van der Waals surface area (Å²) in [5.41, 5.74) is 0.384. The highest BCUT2D eigenvalue weighted by Crippen LogP contribution is 2.35. The SMILES string of the molecule is COc1ccc(C)cc1NC(=O)[C@H](C)OC(=O)c1cc(OC)c(OC)cc1[N+](=O)[O-]. The van der Waals surface area contributed by atoms with Gasteiger partial charge in [0.25, 0.3) is 11.6 Å². The fraction of sp³-hybridized carbons (Fsp3) is 0.300. The van der Waals surface area contributed by atoms with Crippen molar-refractivity contribution in [2.75, 3.05) is 26.6 Å². The van der Waals surface area contributed by atoms with Crippen molar-refractivity contribution in [3.8, 4) is 17.2 Å². The van der Waals surface area contributed by atoms with E-state index < -0.39 is 28.6 Å². The van der Waals surface area contributed by atoms with Gasteiger partial charge in [0.05, 0.1) is 38.0 Å². The normalized spacial score (nSPS) is 11.2. The summed E-state index contributed by atoms with van der Waals surface area (Å²) in [5.74, 6) is -1.06. The summed E-state index contributed by atoms with van der Waals surface area (Å²) in [7, 11) is 4.09. The lowest BCUT2D eigenvalue weighted by Crippen LogP contribution is -2.30. The van der Waals surface area contributed by atoms with E-state index in [1.807, 2.05) is 13.0 Å². The zero-order valence-electron chi connectivity index (χ0n) is 17.2. The van der Waals surface area contributed by atoms with E-state index in [0.29, 0.717) is 11.4 Å². The molecule has 30 heavy (non-hydrogen) atoms. The van der Waals surface area contributed by atoms with Gasteiger partial charge in [-0.15, -0.1) is 0 Å². The van der Waals surface area contributed by atoms with Crippen molar-refractivity contribution in [1.82, 2.24) is 0 Å². The zero-order valence-corrected chi connectivity index (χ0v) is 17.2. The third kappa shape index (κ3) is 4.96. The second-order valence-electron chi connectivity index (χ2n) is 6.22. The van der Waals surface area contributed by atoms with E-state index in [1.165, 1.54) is 28.3 Å². The quantitative estimate of drug-likeness (QED) is 0.394. The van der Waals surface area contributed by atoms with Crippen molar-refractivity contribution < 1.29 is 33.5 Å². The lowest BCUT2D eigenvalue weighted by Gasteiger charge is -2.16. The van der Waals surface area contributed by atoms with Crippen LogP contribution in [0.15, 0.2) is 30.3 Å². The van der Waals surface area contributed by atoms with Gasteiger partial charge in [-0.25, -0.2) is 4.79 Å². The first-order valence-electron chi connectivity index (χ1n) is 8.78. The number of hydrogen-bond donors (Lipinski definition) is 1. The van der Waals surface area contributed by atoms with Crippen molar-refractivity contribution in [2.24, 2.45) is 0 Å². The molecule has 0 aromatic heterocycles. The Bertz CT molecular complexity index is 974. The van der Waals surface area contributed by atoms with E-state index >= 15 is 0 Å². The molecule has 0 saturated carbocycles. The Labute approximate surface area is 172 Å². The van der Waals surface area contributed by atoms with Gasteiger partial charge in [-0.3, -0.25) is 14.9 Å². The molecule has 2 aromatic rings. The summed E-state index contributed by atoms with van der Waals surface area (Å²) < 4.78 is 20.4. The van der Waals surface area contributed by atoms with Crippen LogP contribution in [0.5, 0.6) is 17.2 Å². The van der Waals surface area contributed by atoms with Crippen LogP contribution >= 0.6 is 0 Å². The van der Waals surface area contributed by atoms with E-state index in [9.17, 15) is 19.7 Å². The number of nitro groups is 1. The lowest BCUT2D eigenvalue weighted by atomic mass is 10.1. The Balaban J connectivity index is 2.24.